The quantitative estimate of drug-likeness (QED) is 0.706. The van der Waals surface area contributed by atoms with E-state index >= 15 is 0 Å². The van der Waals surface area contributed by atoms with Gasteiger partial charge < -0.3 is 19.5 Å². The monoisotopic (exact) mass is 427 g/mol. The summed E-state index contributed by atoms with van der Waals surface area (Å²) in [4.78, 5) is 24.0. The molecule has 1 N–H and O–H groups in total. The average molecular weight is 429 g/mol. The van der Waals surface area contributed by atoms with Crippen LogP contribution in [0.4, 0.5) is 5.69 Å². The van der Waals surface area contributed by atoms with Crippen LogP contribution in [-0.4, -0.2) is 32.7 Å². The van der Waals surface area contributed by atoms with E-state index in [0.29, 0.717) is 17.2 Å². The Morgan fingerprint density at radius 3 is 2.52 bits per heavy atom. The first kappa shape index (κ1) is 19.1. The van der Waals surface area contributed by atoms with Crippen molar-refractivity contribution in [3.8, 4) is 11.5 Å². The first-order valence-electron chi connectivity index (χ1n) is 7.09. The molecule has 0 aliphatic heterocycles. The number of hydrogen-bond acceptors (Lipinski definition) is 5. The van der Waals surface area contributed by atoms with Crippen molar-refractivity contribution in [3.05, 3.63) is 51.5 Å². The molecule has 0 unspecified atom stereocenters. The van der Waals surface area contributed by atoms with Gasteiger partial charge in [0.1, 0.15) is 0 Å². The molecule has 0 bridgehead atoms. The maximum absolute atomic E-state index is 12.1. The van der Waals surface area contributed by atoms with Gasteiger partial charge >= 0.3 is 5.97 Å². The first-order chi connectivity index (χ1) is 12.0. The number of carbonyl (C=O) groups is 2. The van der Waals surface area contributed by atoms with Gasteiger partial charge in [-0.15, -0.1) is 0 Å². The summed E-state index contributed by atoms with van der Waals surface area (Å²) in [5, 5.41) is 2.84. The van der Waals surface area contributed by atoms with Crippen LogP contribution in [0.25, 0.3) is 0 Å². The van der Waals surface area contributed by atoms with Gasteiger partial charge in [0, 0.05) is 4.47 Å². The number of hydrogen-bond donors (Lipinski definition) is 1. The van der Waals surface area contributed by atoms with E-state index in [4.69, 9.17) is 25.8 Å². The van der Waals surface area contributed by atoms with Crippen LogP contribution < -0.4 is 14.8 Å². The summed E-state index contributed by atoms with van der Waals surface area (Å²) in [5.74, 6) is -0.566. The summed E-state index contributed by atoms with van der Waals surface area (Å²) >= 11 is 9.36. The van der Waals surface area contributed by atoms with E-state index in [0.717, 1.165) is 4.47 Å². The molecule has 0 radical (unpaired) electrons. The number of nitrogens with one attached hydrogen (secondary N) is 1. The highest BCUT2D eigenvalue weighted by molar-refractivity contribution is 9.10. The van der Waals surface area contributed by atoms with Gasteiger partial charge in [0.05, 0.1) is 30.5 Å². The Morgan fingerprint density at radius 1 is 1.16 bits per heavy atom. The minimum Gasteiger partial charge on any atom is -0.493 e. The van der Waals surface area contributed by atoms with Crippen molar-refractivity contribution < 1.29 is 23.8 Å². The smallest absolute Gasteiger partial charge is 0.338 e. The largest absolute Gasteiger partial charge is 0.493 e. The number of carbonyl (C=O) groups excluding carboxylic acids is 2. The standard InChI is InChI=1S/C17H15BrClNO5/c1-23-14-8-10(7-12(19)16(14)24-2)17(22)25-9-15(21)20-13-6-4-3-5-11(13)18/h3-8H,9H2,1-2H3,(H,20,21). The van der Waals surface area contributed by atoms with Gasteiger partial charge in [0.15, 0.2) is 18.1 Å². The molecular formula is C17H15BrClNO5. The molecular weight excluding hydrogens is 414 g/mol. The summed E-state index contributed by atoms with van der Waals surface area (Å²) in [7, 11) is 2.86. The Hall–Kier alpha value is -2.25. The number of methoxy groups -OCH3 is 2. The van der Waals surface area contributed by atoms with Crippen molar-refractivity contribution in [1.29, 1.82) is 0 Å². The molecule has 0 saturated carbocycles. The predicted molar refractivity (Wildman–Crippen MR) is 97.6 cm³/mol. The number of amides is 1. The van der Waals surface area contributed by atoms with Crippen LogP contribution in [-0.2, 0) is 9.53 Å². The fourth-order valence-corrected chi connectivity index (χ4v) is 2.67. The van der Waals surface area contributed by atoms with Crippen molar-refractivity contribution >= 4 is 45.1 Å². The van der Waals surface area contributed by atoms with Crippen molar-refractivity contribution in [2.45, 2.75) is 0 Å². The highest BCUT2D eigenvalue weighted by Crippen LogP contribution is 2.36. The van der Waals surface area contributed by atoms with Gasteiger partial charge in [0.2, 0.25) is 0 Å². The summed E-state index contributed by atoms with van der Waals surface area (Å²) in [6.45, 7) is -0.438. The Kier molecular flexibility index (Phi) is 6.66. The fraction of sp³-hybridized carbons (Fsp3) is 0.176. The normalized spacial score (nSPS) is 10.1. The molecule has 2 rings (SSSR count). The third-order valence-corrected chi connectivity index (χ3v) is 4.12. The first-order valence-corrected chi connectivity index (χ1v) is 8.26. The lowest BCUT2D eigenvalue weighted by molar-refractivity contribution is -0.119. The minimum atomic E-state index is -0.704. The Labute approximate surface area is 158 Å². The molecule has 0 saturated heterocycles. The van der Waals surface area contributed by atoms with Crippen molar-refractivity contribution in [3.63, 3.8) is 0 Å². The zero-order valence-electron chi connectivity index (χ0n) is 13.5. The van der Waals surface area contributed by atoms with Crippen molar-refractivity contribution in [2.75, 3.05) is 26.1 Å². The molecule has 25 heavy (non-hydrogen) atoms. The maximum Gasteiger partial charge on any atom is 0.338 e. The predicted octanol–water partition coefficient (Wildman–Crippen LogP) is 3.92. The highest BCUT2D eigenvalue weighted by Gasteiger charge is 2.17. The number of rotatable bonds is 6. The lowest BCUT2D eigenvalue weighted by Gasteiger charge is -2.12. The summed E-state index contributed by atoms with van der Waals surface area (Å²) < 4.78 is 16.0. The third kappa shape index (κ3) is 4.87. The summed E-state index contributed by atoms with van der Waals surface area (Å²) in [6, 6.07) is 9.92. The third-order valence-electron chi connectivity index (χ3n) is 3.15. The molecule has 1 amide bonds. The van der Waals surface area contributed by atoms with Crippen LogP contribution in [0.3, 0.4) is 0 Å². The molecule has 0 aliphatic carbocycles. The van der Waals surface area contributed by atoms with Gasteiger partial charge in [-0.05, 0) is 40.2 Å². The number of para-hydroxylation sites is 1. The maximum atomic E-state index is 12.1. The zero-order valence-corrected chi connectivity index (χ0v) is 15.8. The molecule has 0 atom stereocenters. The van der Waals surface area contributed by atoms with E-state index in [2.05, 4.69) is 21.2 Å². The van der Waals surface area contributed by atoms with Gasteiger partial charge in [-0.25, -0.2) is 4.79 Å². The number of benzene rings is 2. The molecule has 0 spiro atoms. The van der Waals surface area contributed by atoms with E-state index < -0.39 is 18.5 Å². The van der Waals surface area contributed by atoms with E-state index in [-0.39, 0.29) is 10.6 Å². The lowest BCUT2D eigenvalue weighted by atomic mass is 10.2. The van der Waals surface area contributed by atoms with Crippen LogP contribution in [0.15, 0.2) is 40.9 Å². The Balaban J connectivity index is 2.01. The van der Waals surface area contributed by atoms with Crippen LogP contribution in [0, 0.1) is 0 Å². The van der Waals surface area contributed by atoms with Gasteiger partial charge in [0.25, 0.3) is 5.91 Å². The van der Waals surface area contributed by atoms with Gasteiger partial charge in [-0.2, -0.15) is 0 Å². The summed E-state index contributed by atoms with van der Waals surface area (Å²) in [5.41, 5.74) is 0.731. The molecule has 0 aromatic heterocycles. The molecule has 0 aliphatic rings. The number of ether oxygens (including phenoxy) is 3. The van der Waals surface area contributed by atoms with Crippen molar-refractivity contribution in [2.24, 2.45) is 0 Å². The average Bonchev–Trinajstić information content (AvgIpc) is 2.60. The number of esters is 1. The topological polar surface area (TPSA) is 73.9 Å². The van der Waals surface area contributed by atoms with Crippen LogP contribution in [0.5, 0.6) is 11.5 Å². The molecule has 0 fully saturated rings. The SMILES string of the molecule is COc1cc(C(=O)OCC(=O)Nc2ccccc2Br)cc(Cl)c1OC. The molecule has 2 aromatic carbocycles. The van der Waals surface area contributed by atoms with E-state index in [9.17, 15) is 9.59 Å². The van der Waals surface area contributed by atoms with E-state index in [1.54, 1.807) is 18.2 Å². The minimum absolute atomic E-state index is 0.149. The Morgan fingerprint density at radius 2 is 1.88 bits per heavy atom. The highest BCUT2D eigenvalue weighted by atomic mass is 79.9. The van der Waals surface area contributed by atoms with Gasteiger partial charge in [-0.3, -0.25) is 4.79 Å². The lowest BCUT2D eigenvalue weighted by Crippen LogP contribution is -2.21. The van der Waals surface area contributed by atoms with Crippen LogP contribution in [0.1, 0.15) is 10.4 Å². The zero-order chi connectivity index (χ0) is 18.4. The van der Waals surface area contributed by atoms with E-state index in [1.165, 1.54) is 26.4 Å². The van der Waals surface area contributed by atoms with Crippen molar-refractivity contribution in [1.82, 2.24) is 0 Å². The molecule has 132 valence electrons. The molecule has 0 heterocycles. The van der Waals surface area contributed by atoms with Gasteiger partial charge in [-0.1, -0.05) is 23.7 Å². The number of anilines is 1. The molecule has 2 aromatic rings. The summed E-state index contributed by atoms with van der Waals surface area (Å²) in [6.07, 6.45) is 0. The molecule has 6 nitrogen and oxygen atoms in total. The Bertz CT molecular complexity index is 797. The molecule has 8 heteroatoms. The van der Waals surface area contributed by atoms with Crippen LogP contribution in [0.2, 0.25) is 5.02 Å². The van der Waals surface area contributed by atoms with Crippen LogP contribution >= 0.6 is 27.5 Å². The van der Waals surface area contributed by atoms with E-state index in [1.807, 2.05) is 6.07 Å². The second-order valence-electron chi connectivity index (χ2n) is 4.80. The fourth-order valence-electron chi connectivity index (χ4n) is 2.00. The second kappa shape index (κ2) is 8.73. The number of halogens is 2. The second-order valence-corrected chi connectivity index (χ2v) is 6.06.